The fourth-order valence-electron chi connectivity index (χ4n) is 4.12. The molecule has 3 heterocycles. The standard InChI is InChI=1S/C21H28N4O2/c1-14(2)19-23-20(27-24-19)15-8-11-25(12-9-15)21(26)18-6-4-3-5-17(18)16-7-10-22-13-16/h3-6,14-16,22H,7-13H2,1-2H3/t16-/m1/s1. The highest BCUT2D eigenvalue weighted by molar-refractivity contribution is 5.96. The van der Waals surface area contributed by atoms with Gasteiger partial charge in [-0.25, -0.2) is 0 Å². The van der Waals surface area contributed by atoms with Crippen LogP contribution in [-0.2, 0) is 0 Å². The van der Waals surface area contributed by atoms with Gasteiger partial charge in [-0.1, -0.05) is 37.2 Å². The maximum Gasteiger partial charge on any atom is 0.254 e. The van der Waals surface area contributed by atoms with Crippen LogP contribution in [0.3, 0.4) is 0 Å². The summed E-state index contributed by atoms with van der Waals surface area (Å²) in [5, 5.41) is 7.48. The number of nitrogens with one attached hydrogen (secondary N) is 1. The Kier molecular flexibility index (Phi) is 5.25. The first-order valence-electron chi connectivity index (χ1n) is 10.1. The van der Waals surface area contributed by atoms with E-state index in [1.807, 2.05) is 23.1 Å². The first-order chi connectivity index (χ1) is 13.1. The number of aromatic nitrogens is 2. The smallest absolute Gasteiger partial charge is 0.254 e. The van der Waals surface area contributed by atoms with E-state index in [2.05, 4.69) is 35.4 Å². The minimum absolute atomic E-state index is 0.157. The number of piperidine rings is 1. The van der Waals surface area contributed by atoms with Crippen molar-refractivity contribution in [3.8, 4) is 0 Å². The zero-order chi connectivity index (χ0) is 18.8. The molecule has 6 nitrogen and oxygen atoms in total. The van der Waals surface area contributed by atoms with Gasteiger partial charge in [0, 0.05) is 37.0 Å². The van der Waals surface area contributed by atoms with Gasteiger partial charge in [0.25, 0.3) is 5.91 Å². The fourth-order valence-corrected chi connectivity index (χ4v) is 4.12. The first-order valence-corrected chi connectivity index (χ1v) is 10.1. The van der Waals surface area contributed by atoms with Gasteiger partial charge in [-0.15, -0.1) is 0 Å². The molecule has 1 aromatic carbocycles. The fraction of sp³-hybridized carbons (Fsp3) is 0.571. The van der Waals surface area contributed by atoms with E-state index in [9.17, 15) is 4.79 Å². The third kappa shape index (κ3) is 3.76. The number of likely N-dealkylation sites (tertiary alicyclic amines) is 1. The summed E-state index contributed by atoms with van der Waals surface area (Å²) in [7, 11) is 0. The van der Waals surface area contributed by atoms with Gasteiger partial charge in [-0.2, -0.15) is 4.98 Å². The summed E-state index contributed by atoms with van der Waals surface area (Å²) in [5.74, 6) is 2.61. The average molecular weight is 368 g/mol. The van der Waals surface area contributed by atoms with E-state index in [0.29, 0.717) is 5.92 Å². The predicted molar refractivity (Wildman–Crippen MR) is 103 cm³/mol. The van der Waals surface area contributed by atoms with Gasteiger partial charge in [-0.3, -0.25) is 4.79 Å². The van der Waals surface area contributed by atoms with Crippen LogP contribution in [0.25, 0.3) is 0 Å². The van der Waals surface area contributed by atoms with Crippen molar-refractivity contribution >= 4 is 5.91 Å². The second-order valence-corrected chi connectivity index (χ2v) is 7.99. The highest BCUT2D eigenvalue weighted by Gasteiger charge is 2.30. The number of hydrogen-bond donors (Lipinski definition) is 1. The van der Waals surface area contributed by atoms with Crippen LogP contribution in [0.5, 0.6) is 0 Å². The molecule has 1 N–H and O–H groups in total. The number of amides is 1. The van der Waals surface area contributed by atoms with Crippen molar-refractivity contribution < 1.29 is 9.32 Å². The molecule has 6 heteroatoms. The highest BCUT2D eigenvalue weighted by atomic mass is 16.5. The molecular formula is C21H28N4O2. The Labute approximate surface area is 160 Å². The second-order valence-electron chi connectivity index (χ2n) is 7.99. The minimum atomic E-state index is 0.157. The second kappa shape index (κ2) is 7.80. The molecule has 0 spiro atoms. The Morgan fingerprint density at radius 2 is 1.96 bits per heavy atom. The lowest BCUT2D eigenvalue weighted by atomic mass is 9.91. The molecule has 2 fully saturated rings. The Balaban J connectivity index is 1.43. The molecule has 1 aromatic heterocycles. The van der Waals surface area contributed by atoms with Crippen molar-refractivity contribution in [2.75, 3.05) is 26.2 Å². The number of benzene rings is 1. The quantitative estimate of drug-likeness (QED) is 0.897. The number of hydrogen-bond acceptors (Lipinski definition) is 5. The van der Waals surface area contributed by atoms with Crippen molar-refractivity contribution in [3.63, 3.8) is 0 Å². The first kappa shape index (κ1) is 18.2. The Hall–Kier alpha value is -2.21. The third-order valence-corrected chi connectivity index (χ3v) is 5.80. The van der Waals surface area contributed by atoms with Gasteiger partial charge in [0.15, 0.2) is 5.82 Å². The summed E-state index contributed by atoms with van der Waals surface area (Å²) >= 11 is 0. The molecule has 0 radical (unpaired) electrons. The van der Waals surface area contributed by atoms with Crippen LogP contribution < -0.4 is 5.32 Å². The molecule has 2 saturated heterocycles. The monoisotopic (exact) mass is 368 g/mol. The lowest BCUT2D eigenvalue weighted by molar-refractivity contribution is 0.0703. The maximum absolute atomic E-state index is 13.2. The van der Waals surface area contributed by atoms with Crippen LogP contribution >= 0.6 is 0 Å². The van der Waals surface area contributed by atoms with Crippen molar-refractivity contribution in [1.82, 2.24) is 20.4 Å². The summed E-state index contributed by atoms with van der Waals surface area (Å²) in [6.07, 6.45) is 2.85. The minimum Gasteiger partial charge on any atom is -0.339 e. The Morgan fingerprint density at radius 1 is 1.19 bits per heavy atom. The Morgan fingerprint density at radius 3 is 2.63 bits per heavy atom. The molecule has 144 valence electrons. The lowest BCUT2D eigenvalue weighted by Gasteiger charge is -2.31. The molecule has 27 heavy (non-hydrogen) atoms. The molecule has 1 amide bonds. The van der Waals surface area contributed by atoms with E-state index in [1.165, 1.54) is 5.56 Å². The van der Waals surface area contributed by atoms with E-state index < -0.39 is 0 Å². The average Bonchev–Trinajstić information content (AvgIpc) is 3.40. The van der Waals surface area contributed by atoms with Crippen molar-refractivity contribution in [2.45, 2.75) is 50.9 Å². The van der Waals surface area contributed by atoms with E-state index in [0.717, 1.165) is 62.7 Å². The Bertz CT molecular complexity index is 787. The molecule has 2 aromatic rings. The molecular weight excluding hydrogens is 340 g/mol. The number of rotatable bonds is 4. The predicted octanol–water partition coefficient (Wildman–Crippen LogP) is 3.29. The summed E-state index contributed by atoms with van der Waals surface area (Å²) in [4.78, 5) is 19.7. The molecule has 0 saturated carbocycles. The van der Waals surface area contributed by atoms with Gasteiger partial charge in [-0.05, 0) is 43.4 Å². The van der Waals surface area contributed by atoms with Gasteiger partial charge >= 0.3 is 0 Å². The van der Waals surface area contributed by atoms with E-state index in [4.69, 9.17) is 4.52 Å². The van der Waals surface area contributed by atoms with Crippen molar-refractivity contribution in [1.29, 1.82) is 0 Å². The molecule has 0 bridgehead atoms. The summed E-state index contributed by atoms with van der Waals surface area (Å²) in [5.41, 5.74) is 2.05. The maximum atomic E-state index is 13.2. The van der Waals surface area contributed by atoms with E-state index in [-0.39, 0.29) is 17.7 Å². The van der Waals surface area contributed by atoms with Gasteiger partial charge in [0.2, 0.25) is 5.89 Å². The zero-order valence-electron chi connectivity index (χ0n) is 16.1. The van der Waals surface area contributed by atoms with Gasteiger partial charge < -0.3 is 14.7 Å². The number of carbonyl (C=O) groups is 1. The van der Waals surface area contributed by atoms with Crippen molar-refractivity contribution in [3.05, 3.63) is 47.1 Å². The normalized spacial score (nSPS) is 21.1. The number of nitrogens with zero attached hydrogens (tertiary/aromatic N) is 3. The molecule has 0 aliphatic carbocycles. The lowest BCUT2D eigenvalue weighted by Crippen LogP contribution is -2.38. The molecule has 2 aliphatic rings. The van der Waals surface area contributed by atoms with E-state index in [1.54, 1.807) is 0 Å². The van der Waals surface area contributed by atoms with Gasteiger partial charge in [0.05, 0.1) is 0 Å². The molecule has 4 rings (SSSR count). The largest absolute Gasteiger partial charge is 0.339 e. The highest BCUT2D eigenvalue weighted by Crippen LogP contribution is 2.30. The SMILES string of the molecule is CC(C)c1noc(C2CCN(C(=O)c3ccccc3[C@@H]3CCNC3)CC2)n1. The summed E-state index contributed by atoms with van der Waals surface area (Å²) in [6, 6.07) is 8.11. The third-order valence-electron chi connectivity index (χ3n) is 5.80. The molecule has 1 atom stereocenters. The van der Waals surface area contributed by atoms with Crippen molar-refractivity contribution in [2.24, 2.45) is 0 Å². The topological polar surface area (TPSA) is 71.3 Å². The zero-order valence-corrected chi connectivity index (χ0v) is 16.1. The molecule has 2 aliphatic heterocycles. The molecule has 0 unspecified atom stereocenters. The number of carbonyl (C=O) groups excluding carboxylic acids is 1. The summed E-state index contributed by atoms with van der Waals surface area (Å²) < 4.78 is 5.46. The van der Waals surface area contributed by atoms with Crippen LogP contribution in [0.4, 0.5) is 0 Å². The van der Waals surface area contributed by atoms with Gasteiger partial charge in [0.1, 0.15) is 0 Å². The summed E-state index contributed by atoms with van der Waals surface area (Å²) in [6.45, 7) is 7.59. The van der Waals surface area contributed by atoms with Crippen LogP contribution in [0.2, 0.25) is 0 Å². The van der Waals surface area contributed by atoms with E-state index >= 15 is 0 Å². The van der Waals surface area contributed by atoms with Crippen LogP contribution in [-0.4, -0.2) is 47.1 Å². The van der Waals surface area contributed by atoms with Crippen LogP contribution in [0, 0.1) is 0 Å². The van der Waals surface area contributed by atoms with Crippen LogP contribution in [0.15, 0.2) is 28.8 Å². The van der Waals surface area contributed by atoms with Crippen LogP contribution in [0.1, 0.15) is 78.5 Å².